The maximum atomic E-state index is 12.8. The quantitative estimate of drug-likeness (QED) is 0.680. The summed E-state index contributed by atoms with van der Waals surface area (Å²) in [6, 6.07) is -0.340. The summed E-state index contributed by atoms with van der Waals surface area (Å²) in [6.45, 7) is 4.99. The zero-order valence-corrected chi connectivity index (χ0v) is 8.49. The molecule has 5 heteroatoms. The molecule has 1 rings (SSSR count). The maximum Gasteiger partial charge on any atom is 0.417 e. The molecule has 2 atom stereocenters. The van der Waals surface area contributed by atoms with Crippen LogP contribution in [0.2, 0.25) is 0 Å². The molecule has 14 heavy (non-hydrogen) atoms. The number of halogens is 1. The number of imide groups is 1. The highest BCUT2D eigenvalue weighted by molar-refractivity contribution is 5.95. The molecule has 0 radical (unpaired) electrons. The number of nitrogens with zero attached hydrogens (tertiary/aromatic N) is 1. The third-order valence-electron chi connectivity index (χ3n) is 2.25. The first-order valence-electron chi connectivity index (χ1n) is 4.59. The van der Waals surface area contributed by atoms with Crippen LogP contribution in [-0.2, 0) is 9.53 Å². The maximum absolute atomic E-state index is 12.8. The van der Waals surface area contributed by atoms with Crippen LogP contribution < -0.4 is 0 Å². The Bertz CT molecular complexity index is 252. The first-order chi connectivity index (χ1) is 6.45. The number of ether oxygens (including phenoxy) is 1. The molecule has 0 aromatic carbocycles. The second-order valence-electron chi connectivity index (χ2n) is 3.71. The lowest BCUT2D eigenvalue weighted by Crippen LogP contribution is -2.44. The summed E-state index contributed by atoms with van der Waals surface area (Å²) in [5.74, 6) is -0.740. The van der Waals surface area contributed by atoms with Crippen molar-refractivity contribution in [3.05, 3.63) is 0 Å². The molecule has 0 aromatic heterocycles. The van der Waals surface area contributed by atoms with Crippen molar-refractivity contribution in [3.63, 3.8) is 0 Å². The van der Waals surface area contributed by atoms with Gasteiger partial charge < -0.3 is 4.74 Å². The number of hydrogen-bond donors (Lipinski definition) is 0. The van der Waals surface area contributed by atoms with Gasteiger partial charge in [-0.05, 0) is 12.8 Å². The Morgan fingerprint density at radius 3 is 2.57 bits per heavy atom. The van der Waals surface area contributed by atoms with Crippen LogP contribution >= 0.6 is 0 Å². The van der Waals surface area contributed by atoms with Gasteiger partial charge in [-0.25, -0.2) is 14.1 Å². The van der Waals surface area contributed by atoms with E-state index in [0.717, 1.165) is 11.8 Å². The molecule has 0 N–H and O–H groups in total. The van der Waals surface area contributed by atoms with Gasteiger partial charge in [0, 0.05) is 0 Å². The van der Waals surface area contributed by atoms with Crippen molar-refractivity contribution < 1.29 is 18.7 Å². The van der Waals surface area contributed by atoms with Gasteiger partial charge in [0.05, 0.1) is 6.04 Å². The largest absolute Gasteiger partial charge is 0.447 e. The third-order valence-corrected chi connectivity index (χ3v) is 2.25. The molecule has 0 aromatic rings. The standard InChI is InChI=1S/C9H14FNO3/c1-5(2)7-4-14-9(13)11(7)8(12)6(3)10/h5-7H,4H2,1-3H3/t6?,7-/m0/s1. The zero-order chi connectivity index (χ0) is 10.9. The van der Waals surface area contributed by atoms with Gasteiger partial charge >= 0.3 is 6.09 Å². The van der Waals surface area contributed by atoms with E-state index in [2.05, 4.69) is 0 Å². The minimum Gasteiger partial charge on any atom is -0.447 e. The third kappa shape index (κ3) is 1.86. The number of alkyl halides is 1. The van der Waals surface area contributed by atoms with E-state index < -0.39 is 18.2 Å². The van der Waals surface area contributed by atoms with E-state index in [1.165, 1.54) is 0 Å². The van der Waals surface area contributed by atoms with Gasteiger partial charge in [0.2, 0.25) is 0 Å². The molecule has 0 saturated carbocycles. The Balaban J connectivity index is 2.82. The summed E-state index contributed by atoms with van der Waals surface area (Å²) in [5.41, 5.74) is 0. The number of amides is 2. The number of carbonyl (C=O) groups is 2. The van der Waals surface area contributed by atoms with Crippen molar-refractivity contribution in [2.45, 2.75) is 33.0 Å². The molecule has 4 nitrogen and oxygen atoms in total. The summed E-state index contributed by atoms with van der Waals surface area (Å²) in [6.07, 6.45) is -2.40. The fraction of sp³-hybridized carbons (Fsp3) is 0.778. The van der Waals surface area contributed by atoms with Gasteiger partial charge in [0.25, 0.3) is 5.91 Å². The Labute approximate surface area is 82.0 Å². The predicted octanol–water partition coefficient (Wildman–Crippen LogP) is 1.35. The monoisotopic (exact) mass is 203 g/mol. The second kappa shape index (κ2) is 3.94. The van der Waals surface area contributed by atoms with Gasteiger partial charge in [0.1, 0.15) is 6.61 Å². The van der Waals surface area contributed by atoms with Crippen molar-refractivity contribution >= 4 is 12.0 Å². The van der Waals surface area contributed by atoms with Crippen LogP contribution in [0.3, 0.4) is 0 Å². The average Bonchev–Trinajstić information content (AvgIpc) is 2.45. The summed E-state index contributed by atoms with van der Waals surface area (Å²) in [5, 5.41) is 0. The molecule has 2 amide bonds. The van der Waals surface area contributed by atoms with Gasteiger partial charge in [-0.2, -0.15) is 0 Å². The lowest BCUT2D eigenvalue weighted by Gasteiger charge is -2.22. The van der Waals surface area contributed by atoms with Gasteiger partial charge in [-0.15, -0.1) is 0 Å². The zero-order valence-electron chi connectivity index (χ0n) is 8.49. The number of carbonyl (C=O) groups excluding carboxylic acids is 2. The molecule has 1 aliphatic heterocycles. The summed E-state index contributed by atoms with van der Waals surface area (Å²) >= 11 is 0. The fourth-order valence-corrected chi connectivity index (χ4v) is 1.37. The van der Waals surface area contributed by atoms with Crippen LogP contribution in [0.4, 0.5) is 9.18 Å². The van der Waals surface area contributed by atoms with Crippen LogP contribution in [0, 0.1) is 5.92 Å². The highest BCUT2D eigenvalue weighted by atomic mass is 19.1. The van der Waals surface area contributed by atoms with Crippen LogP contribution in [0.5, 0.6) is 0 Å². The fourth-order valence-electron chi connectivity index (χ4n) is 1.37. The van der Waals surface area contributed by atoms with E-state index in [0.29, 0.717) is 0 Å². The molecule has 0 aliphatic carbocycles. The molecule has 0 spiro atoms. The molecule has 1 fully saturated rings. The molecule has 1 aliphatic rings. The van der Waals surface area contributed by atoms with E-state index in [1.807, 2.05) is 13.8 Å². The summed E-state index contributed by atoms with van der Waals surface area (Å²) < 4.78 is 17.5. The van der Waals surface area contributed by atoms with Gasteiger partial charge in [-0.1, -0.05) is 13.8 Å². The Morgan fingerprint density at radius 1 is 1.57 bits per heavy atom. The smallest absolute Gasteiger partial charge is 0.417 e. The molecule has 1 unspecified atom stereocenters. The van der Waals surface area contributed by atoms with E-state index in [9.17, 15) is 14.0 Å². The Kier molecular flexibility index (Phi) is 3.08. The normalized spacial score (nSPS) is 23.9. The SMILES string of the molecule is CC(F)C(=O)N1C(=O)OC[C@H]1C(C)C. The average molecular weight is 203 g/mol. The Hall–Kier alpha value is -1.13. The van der Waals surface area contributed by atoms with Crippen LogP contribution in [0.25, 0.3) is 0 Å². The molecule has 1 saturated heterocycles. The lowest BCUT2D eigenvalue weighted by molar-refractivity contribution is -0.134. The van der Waals surface area contributed by atoms with Crippen molar-refractivity contribution in [3.8, 4) is 0 Å². The van der Waals surface area contributed by atoms with Crippen molar-refractivity contribution in [2.75, 3.05) is 6.61 Å². The van der Waals surface area contributed by atoms with Crippen molar-refractivity contribution in [1.29, 1.82) is 0 Å². The minimum absolute atomic E-state index is 0.0733. The highest BCUT2D eigenvalue weighted by Crippen LogP contribution is 2.20. The second-order valence-corrected chi connectivity index (χ2v) is 3.71. The number of hydrogen-bond acceptors (Lipinski definition) is 3. The van der Waals surface area contributed by atoms with Gasteiger partial charge in [-0.3, -0.25) is 4.79 Å². The number of rotatable bonds is 2. The lowest BCUT2D eigenvalue weighted by atomic mass is 10.0. The topological polar surface area (TPSA) is 46.6 Å². The minimum atomic E-state index is -1.66. The van der Waals surface area contributed by atoms with Crippen molar-refractivity contribution in [1.82, 2.24) is 4.90 Å². The molecule has 80 valence electrons. The Morgan fingerprint density at radius 2 is 2.14 bits per heavy atom. The predicted molar refractivity (Wildman–Crippen MR) is 47.4 cm³/mol. The van der Waals surface area contributed by atoms with Crippen LogP contribution in [-0.4, -0.2) is 35.7 Å². The summed E-state index contributed by atoms with van der Waals surface area (Å²) in [4.78, 5) is 23.4. The van der Waals surface area contributed by atoms with E-state index in [4.69, 9.17) is 4.74 Å². The molecular formula is C9H14FNO3. The van der Waals surface area contributed by atoms with Gasteiger partial charge in [0.15, 0.2) is 6.17 Å². The summed E-state index contributed by atoms with van der Waals surface area (Å²) in [7, 11) is 0. The molecule has 0 bridgehead atoms. The molecule has 1 heterocycles. The number of cyclic esters (lactones) is 1. The highest BCUT2D eigenvalue weighted by Gasteiger charge is 2.41. The van der Waals surface area contributed by atoms with Crippen molar-refractivity contribution in [2.24, 2.45) is 5.92 Å². The first-order valence-corrected chi connectivity index (χ1v) is 4.59. The van der Waals surface area contributed by atoms with E-state index in [-0.39, 0.29) is 18.6 Å². The van der Waals surface area contributed by atoms with E-state index >= 15 is 0 Å². The van der Waals surface area contributed by atoms with Crippen LogP contribution in [0.15, 0.2) is 0 Å². The first kappa shape index (κ1) is 10.9. The van der Waals surface area contributed by atoms with Crippen LogP contribution in [0.1, 0.15) is 20.8 Å². The molecular weight excluding hydrogens is 189 g/mol. The van der Waals surface area contributed by atoms with E-state index in [1.54, 1.807) is 0 Å².